The summed E-state index contributed by atoms with van der Waals surface area (Å²) in [6, 6.07) is 8.09. The van der Waals surface area contributed by atoms with Gasteiger partial charge in [0.25, 0.3) is 0 Å². The van der Waals surface area contributed by atoms with E-state index >= 15 is 0 Å². The first kappa shape index (κ1) is 16.0. The predicted molar refractivity (Wildman–Crippen MR) is 89.6 cm³/mol. The molecule has 2 aliphatic rings. The summed E-state index contributed by atoms with van der Waals surface area (Å²) in [6.45, 7) is 3.54. The van der Waals surface area contributed by atoms with Crippen LogP contribution in [0.1, 0.15) is 18.7 Å². The Bertz CT molecular complexity index is 651. The number of likely N-dealkylation sites (tertiary alicyclic amines) is 2. The molecule has 2 fully saturated rings. The molecule has 0 amide bonds. The summed E-state index contributed by atoms with van der Waals surface area (Å²) in [4.78, 5) is 8.98. The molecule has 0 saturated carbocycles. The summed E-state index contributed by atoms with van der Waals surface area (Å²) in [5.41, 5.74) is 1.56. The van der Waals surface area contributed by atoms with E-state index in [1.807, 2.05) is 24.3 Å². The van der Waals surface area contributed by atoms with Gasteiger partial charge in [0.1, 0.15) is 24.4 Å². The fourth-order valence-electron chi connectivity index (χ4n) is 3.74. The Morgan fingerprint density at radius 1 is 1.25 bits per heavy atom. The molecule has 2 atom stereocenters. The van der Waals surface area contributed by atoms with Gasteiger partial charge < -0.3 is 14.1 Å². The van der Waals surface area contributed by atoms with Gasteiger partial charge in [0.2, 0.25) is 5.89 Å². The molecule has 2 saturated heterocycles. The molecule has 1 aromatic carbocycles. The Morgan fingerprint density at radius 2 is 2.04 bits per heavy atom. The highest BCUT2D eigenvalue weighted by atomic mass is 19.1. The number of hydrogen-bond donors (Lipinski definition) is 0. The van der Waals surface area contributed by atoms with E-state index in [9.17, 15) is 4.39 Å². The van der Waals surface area contributed by atoms with Crippen LogP contribution in [0, 0.1) is 0 Å². The Labute approximate surface area is 141 Å². The third kappa shape index (κ3) is 3.31. The number of oxazole rings is 1. The quantitative estimate of drug-likeness (QED) is 0.860. The lowest BCUT2D eigenvalue weighted by atomic mass is 10.0. The smallest absolute Gasteiger partial charge is 0.221 e. The predicted octanol–water partition coefficient (Wildman–Crippen LogP) is 2.46. The number of hydrogen-bond acceptors (Lipinski definition) is 5. The Balaban J connectivity index is 1.33. The molecule has 24 heavy (non-hydrogen) atoms. The van der Waals surface area contributed by atoms with Crippen LogP contribution in [0.15, 0.2) is 28.7 Å². The molecule has 0 N–H and O–H groups in total. The zero-order valence-electron chi connectivity index (χ0n) is 14.0. The van der Waals surface area contributed by atoms with Gasteiger partial charge in [0.05, 0.1) is 0 Å². The number of alkyl halides is 1. The maximum atomic E-state index is 14.3. The van der Waals surface area contributed by atoms with Crippen molar-refractivity contribution in [3.05, 3.63) is 30.2 Å². The Hall–Kier alpha value is -1.50. The van der Waals surface area contributed by atoms with Gasteiger partial charge in [-0.2, -0.15) is 0 Å². The van der Waals surface area contributed by atoms with Crippen molar-refractivity contribution in [2.75, 3.05) is 33.2 Å². The third-order valence-electron chi connectivity index (χ3n) is 5.19. The fraction of sp³-hybridized carbons (Fsp3) is 0.611. The summed E-state index contributed by atoms with van der Waals surface area (Å²) in [5, 5.41) is 0. The molecular formula is C18H24FN3O2. The van der Waals surface area contributed by atoms with Gasteiger partial charge in [-0.25, -0.2) is 9.37 Å². The van der Waals surface area contributed by atoms with Gasteiger partial charge in [-0.3, -0.25) is 4.90 Å². The van der Waals surface area contributed by atoms with E-state index in [0.29, 0.717) is 25.0 Å². The molecule has 0 spiro atoms. The largest absolute Gasteiger partial charge is 0.438 e. The maximum Gasteiger partial charge on any atom is 0.221 e. The van der Waals surface area contributed by atoms with E-state index in [-0.39, 0.29) is 12.7 Å². The van der Waals surface area contributed by atoms with Crippen molar-refractivity contribution in [3.8, 4) is 0 Å². The molecule has 6 heteroatoms. The highest BCUT2D eigenvalue weighted by Gasteiger charge is 2.37. The molecule has 130 valence electrons. The first-order valence-electron chi connectivity index (χ1n) is 8.72. The second kappa shape index (κ2) is 6.78. The average Bonchev–Trinajstić information content (AvgIpc) is 3.16. The molecular weight excluding hydrogens is 309 g/mol. The lowest BCUT2D eigenvalue weighted by Gasteiger charge is -2.34. The molecule has 0 unspecified atom stereocenters. The topological polar surface area (TPSA) is 41.7 Å². The summed E-state index contributed by atoms with van der Waals surface area (Å²) < 4.78 is 25.8. The first-order valence-corrected chi connectivity index (χ1v) is 8.72. The normalized spacial score (nSPS) is 27.2. The van der Waals surface area contributed by atoms with Crippen LogP contribution in [0.5, 0.6) is 0 Å². The minimum atomic E-state index is -0.936. The van der Waals surface area contributed by atoms with Crippen LogP contribution in [0.4, 0.5) is 4.39 Å². The summed E-state index contributed by atoms with van der Waals surface area (Å²) in [7, 11) is 2.14. The Morgan fingerprint density at radius 3 is 2.83 bits per heavy atom. The molecule has 4 rings (SSSR count). The zero-order valence-corrected chi connectivity index (χ0v) is 14.0. The fourth-order valence-corrected chi connectivity index (χ4v) is 3.74. The van der Waals surface area contributed by atoms with Gasteiger partial charge >= 0.3 is 0 Å². The number of aromatic nitrogens is 1. The van der Waals surface area contributed by atoms with E-state index < -0.39 is 6.17 Å². The summed E-state index contributed by atoms with van der Waals surface area (Å²) in [6.07, 6.45) is 0.899. The average molecular weight is 333 g/mol. The molecule has 3 heterocycles. The molecule has 1 aromatic heterocycles. The van der Waals surface area contributed by atoms with E-state index in [1.54, 1.807) is 0 Å². The second-order valence-electron chi connectivity index (χ2n) is 6.93. The number of ether oxygens (including phenoxy) is 1. The van der Waals surface area contributed by atoms with Crippen molar-refractivity contribution in [1.82, 2.24) is 14.8 Å². The molecule has 2 aliphatic heterocycles. The highest BCUT2D eigenvalue weighted by molar-refractivity contribution is 5.72. The van der Waals surface area contributed by atoms with Crippen molar-refractivity contribution in [2.45, 2.75) is 37.8 Å². The zero-order chi connectivity index (χ0) is 16.5. The monoisotopic (exact) mass is 333 g/mol. The van der Waals surface area contributed by atoms with Crippen LogP contribution < -0.4 is 0 Å². The van der Waals surface area contributed by atoms with Crippen molar-refractivity contribution in [2.24, 2.45) is 0 Å². The van der Waals surface area contributed by atoms with E-state index in [2.05, 4.69) is 21.8 Å². The van der Waals surface area contributed by atoms with Crippen LogP contribution in [0.25, 0.3) is 11.1 Å². The standard InChI is InChI=1S/C18H24FN3O2/c1-21-8-6-13(7-9-21)22-10-14(19)17(11-22)23-12-18-20-15-4-2-3-5-16(15)24-18/h2-5,13-14,17H,6-12H2,1H3/t14-,17+/m1/s1. The number of para-hydroxylation sites is 2. The minimum Gasteiger partial charge on any atom is -0.438 e. The van der Waals surface area contributed by atoms with E-state index in [1.165, 1.54) is 0 Å². The van der Waals surface area contributed by atoms with E-state index in [0.717, 1.165) is 37.0 Å². The molecule has 0 radical (unpaired) electrons. The molecule has 0 aliphatic carbocycles. The van der Waals surface area contributed by atoms with Crippen molar-refractivity contribution >= 4 is 11.1 Å². The lowest BCUT2D eigenvalue weighted by Crippen LogP contribution is -2.43. The van der Waals surface area contributed by atoms with Crippen LogP contribution in [0.3, 0.4) is 0 Å². The Kier molecular flexibility index (Phi) is 4.52. The van der Waals surface area contributed by atoms with E-state index in [4.69, 9.17) is 9.15 Å². The van der Waals surface area contributed by atoms with Crippen LogP contribution in [-0.2, 0) is 11.3 Å². The lowest BCUT2D eigenvalue weighted by molar-refractivity contribution is 0.000725. The first-order chi connectivity index (χ1) is 11.7. The molecule has 0 bridgehead atoms. The second-order valence-corrected chi connectivity index (χ2v) is 6.93. The number of halogens is 1. The summed E-state index contributed by atoms with van der Waals surface area (Å²) in [5.74, 6) is 0.515. The van der Waals surface area contributed by atoms with Crippen LogP contribution >= 0.6 is 0 Å². The van der Waals surface area contributed by atoms with Gasteiger partial charge in [-0.05, 0) is 45.1 Å². The van der Waals surface area contributed by atoms with Crippen LogP contribution in [0.2, 0.25) is 0 Å². The SMILES string of the molecule is CN1CCC(N2C[C@@H](F)[C@@H](OCc3nc4ccccc4o3)C2)CC1. The van der Waals surface area contributed by atoms with Crippen molar-refractivity contribution < 1.29 is 13.5 Å². The number of benzene rings is 1. The van der Waals surface area contributed by atoms with Crippen molar-refractivity contribution in [3.63, 3.8) is 0 Å². The van der Waals surface area contributed by atoms with Gasteiger partial charge in [0.15, 0.2) is 5.58 Å². The number of piperidine rings is 1. The van der Waals surface area contributed by atoms with Gasteiger partial charge in [-0.1, -0.05) is 12.1 Å². The molecule has 2 aromatic rings. The number of fused-ring (bicyclic) bond motifs is 1. The van der Waals surface area contributed by atoms with Gasteiger partial charge in [-0.15, -0.1) is 0 Å². The maximum absolute atomic E-state index is 14.3. The van der Waals surface area contributed by atoms with Crippen LogP contribution in [-0.4, -0.2) is 66.3 Å². The van der Waals surface area contributed by atoms with Gasteiger partial charge in [0, 0.05) is 19.1 Å². The highest BCUT2D eigenvalue weighted by Crippen LogP contribution is 2.25. The van der Waals surface area contributed by atoms with Crippen molar-refractivity contribution in [1.29, 1.82) is 0 Å². The third-order valence-corrected chi connectivity index (χ3v) is 5.19. The number of rotatable bonds is 4. The molecule has 5 nitrogen and oxygen atoms in total. The summed E-state index contributed by atoms with van der Waals surface area (Å²) >= 11 is 0. The number of nitrogens with zero attached hydrogens (tertiary/aromatic N) is 3. The minimum absolute atomic E-state index is 0.223.